The number of aryl methyl sites for hydroxylation is 4. The van der Waals surface area contributed by atoms with E-state index in [1.165, 1.54) is 17.3 Å². The Balaban J connectivity index is 1.46. The molecule has 9 nitrogen and oxygen atoms in total. The van der Waals surface area contributed by atoms with Gasteiger partial charge in [0.1, 0.15) is 5.82 Å². The Kier molecular flexibility index (Phi) is 6.04. The molecule has 3 heterocycles. The van der Waals surface area contributed by atoms with Gasteiger partial charge in [0, 0.05) is 30.1 Å². The van der Waals surface area contributed by atoms with Crippen molar-refractivity contribution in [2.75, 3.05) is 11.1 Å². The predicted octanol–water partition coefficient (Wildman–Crippen LogP) is 3.42. The Bertz CT molecular complexity index is 1260. The molecular weight excluding hydrogens is 424 g/mol. The lowest BCUT2D eigenvalue weighted by Crippen LogP contribution is -2.18. The first kappa shape index (κ1) is 21.7. The van der Waals surface area contributed by atoms with Crippen LogP contribution in [0, 0.1) is 27.7 Å². The lowest BCUT2D eigenvalue weighted by atomic mass is 10.1. The second-order valence-corrected chi connectivity index (χ2v) is 8.54. The van der Waals surface area contributed by atoms with Crippen LogP contribution < -0.4 is 5.32 Å². The Morgan fingerprint density at radius 1 is 0.969 bits per heavy atom. The lowest BCUT2D eigenvalue weighted by Gasteiger charge is -2.09. The molecule has 3 aromatic heterocycles. The minimum Gasteiger partial charge on any atom is -0.310 e. The first-order valence-electron chi connectivity index (χ1n) is 10.1. The number of hydrogen-bond acceptors (Lipinski definition) is 7. The average Bonchev–Trinajstić information content (AvgIpc) is 3.28. The van der Waals surface area contributed by atoms with Crippen LogP contribution in [-0.4, -0.2) is 46.2 Å². The summed E-state index contributed by atoms with van der Waals surface area (Å²) in [7, 11) is 1.89. The van der Waals surface area contributed by atoms with Gasteiger partial charge in [0.05, 0.1) is 11.4 Å². The number of benzene rings is 1. The van der Waals surface area contributed by atoms with Crippen molar-refractivity contribution in [2.24, 2.45) is 7.05 Å². The van der Waals surface area contributed by atoms with Gasteiger partial charge in [-0.1, -0.05) is 41.6 Å². The van der Waals surface area contributed by atoms with Crippen molar-refractivity contribution in [1.29, 1.82) is 0 Å². The number of thioether (sulfide) groups is 1. The fourth-order valence-electron chi connectivity index (χ4n) is 3.25. The number of carbonyl (C=O) groups excluding carboxylic acids is 1. The largest absolute Gasteiger partial charge is 0.310 e. The molecule has 10 heteroatoms. The topological polar surface area (TPSA) is 103 Å². The van der Waals surface area contributed by atoms with Crippen LogP contribution in [0.5, 0.6) is 0 Å². The number of anilines is 1. The Labute approximate surface area is 190 Å². The zero-order valence-corrected chi connectivity index (χ0v) is 19.4. The van der Waals surface area contributed by atoms with Crippen molar-refractivity contribution in [2.45, 2.75) is 32.9 Å². The van der Waals surface area contributed by atoms with E-state index in [1.807, 2.05) is 69.6 Å². The molecule has 0 saturated carbocycles. The van der Waals surface area contributed by atoms with Gasteiger partial charge in [-0.05, 0) is 33.8 Å². The van der Waals surface area contributed by atoms with Crippen molar-refractivity contribution < 1.29 is 4.79 Å². The van der Waals surface area contributed by atoms with Crippen molar-refractivity contribution >= 4 is 23.5 Å². The van der Waals surface area contributed by atoms with Gasteiger partial charge in [0.15, 0.2) is 11.0 Å². The first-order chi connectivity index (χ1) is 15.3. The van der Waals surface area contributed by atoms with Gasteiger partial charge in [-0.3, -0.25) is 4.79 Å². The van der Waals surface area contributed by atoms with E-state index in [0.29, 0.717) is 16.9 Å². The van der Waals surface area contributed by atoms with Crippen LogP contribution in [0.2, 0.25) is 0 Å². The molecule has 0 aliphatic carbocycles. The molecule has 1 amide bonds. The highest BCUT2D eigenvalue weighted by atomic mass is 32.2. The van der Waals surface area contributed by atoms with Crippen molar-refractivity contribution in [3.8, 4) is 17.3 Å². The highest BCUT2D eigenvalue weighted by Gasteiger charge is 2.16. The van der Waals surface area contributed by atoms with E-state index in [1.54, 1.807) is 10.7 Å². The summed E-state index contributed by atoms with van der Waals surface area (Å²) in [6, 6.07) is 11.8. The molecule has 0 aliphatic rings. The number of rotatable bonds is 6. The first-order valence-corrected chi connectivity index (χ1v) is 11.1. The van der Waals surface area contributed by atoms with Crippen LogP contribution in [0.15, 0.2) is 41.6 Å². The van der Waals surface area contributed by atoms with E-state index in [4.69, 9.17) is 0 Å². The van der Waals surface area contributed by atoms with Gasteiger partial charge in [-0.15, -0.1) is 10.2 Å². The molecule has 4 rings (SSSR count). The van der Waals surface area contributed by atoms with Crippen molar-refractivity contribution in [3.63, 3.8) is 0 Å². The zero-order valence-electron chi connectivity index (χ0n) is 18.6. The molecular formula is C22H24N8OS. The fraction of sp³-hybridized carbons (Fsp3) is 0.273. The second-order valence-electron chi connectivity index (χ2n) is 7.60. The number of nitrogens with zero attached hydrogens (tertiary/aromatic N) is 7. The van der Waals surface area contributed by atoms with Gasteiger partial charge in [-0.25, -0.2) is 9.97 Å². The van der Waals surface area contributed by atoms with Crippen LogP contribution in [0.3, 0.4) is 0 Å². The summed E-state index contributed by atoms with van der Waals surface area (Å²) in [5.41, 5.74) is 4.59. The van der Waals surface area contributed by atoms with Crippen molar-refractivity contribution in [3.05, 3.63) is 59.0 Å². The molecule has 1 N–H and O–H groups in total. The zero-order chi connectivity index (χ0) is 22.8. The molecule has 164 valence electrons. The van der Waals surface area contributed by atoms with E-state index < -0.39 is 0 Å². The van der Waals surface area contributed by atoms with Crippen LogP contribution in [0.1, 0.15) is 22.6 Å². The van der Waals surface area contributed by atoms with Crippen LogP contribution in [0.4, 0.5) is 5.82 Å². The number of amides is 1. The van der Waals surface area contributed by atoms with Crippen LogP contribution in [0.25, 0.3) is 17.3 Å². The number of aromatic nitrogens is 7. The number of hydrogen-bond donors (Lipinski definition) is 1. The minimum absolute atomic E-state index is 0.178. The lowest BCUT2D eigenvalue weighted by molar-refractivity contribution is -0.113. The smallest absolute Gasteiger partial charge is 0.252 e. The quantitative estimate of drug-likeness (QED) is 0.451. The van der Waals surface area contributed by atoms with Gasteiger partial charge in [0.25, 0.3) is 5.95 Å². The maximum absolute atomic E-state index is 12.7. The number of nitrogens with one attached hydrogen (secondary N) is 1. The van der Waals surface area contributed by atoms with Crippen LogP contribution >= 0.6 is 11.8 Å². The Morgan fingerprint density at radius 3 is 2.34 bits per heavy atom. The summed E-state index contributed by atoms with van der Waals surface area (Å²) in [4.78, 5) is 21.5. The third-order valence-corrected chi connectivity index (χ3v) is 5.76. The molecule has 0 unspecified atom stereocenters. The molecule has 0 saturated heterocycles. The van der Waals surface area contributed by atoms with E-state index in [-0.39, 0.29) is 11.7 Å². The Morgan fingerprint density at radius 2 is 1.66 bits per heavy atom. The maximum Gasteiger partial charge on any atom is 0.252 e. The molecule has 0 fully saturated rings. The van der Waals surface area contributed by atoms with Gasteiger partial charge in [0.2, 0.25) is 5.91 Å². The molecule has 0 radical (unpaired) electrons. The minimum atomic E-state index is -0.180. The third kappa shape index (κ3) is 4.70. The fourth-order valence-corrected chi connectivity index (χ4v) is 3.96. The summed E-state index contributed by atoms with van der Waals surface area (Å²) in [6.45, 7) is 7.69. The molecule has 0 aliphatic heterocycles. The van der Waals surface area contributed by atoms with E-state index >= 15 is 0 Å². The third-order valence-electron chi connectivity index (χ3n) is 4.74. The van der Waals surface area contributed by atoms with Gasteiger partial charge in [-0.2, -0.15) is 9.78 Å². The highest BCUT2D eigenvalue weighted by Crippen LogP contribution is 2.23. The summed E-state index contributed by atoms with van der Waals surface area (Å²) < 4.78 is 3.44. The summed E-state index contributed by atoms with van der Waals surface area (Å²) in [5.74, 6) is 1.71. The Hall–Kier alpha value is -3.53. The van der Waals surface area contributed by atoms with E-state index in [0.717, 1.165) is 28.5 Å². The normalized spacial score (nSPS) is 11.0. The molecule has 0 spiro atoms. The molecule has 4 aromatic rings. The molecule has 0 atom stereocenters. The van der Waals surface area contributed by atoms with Crippen molar-refractivity contribution in [1.82, 2.24) is 34.5 Å². The summed E-state index contributed by atoms with van der Waals surface area (Å²) in [6.07, 6.45) is 0. The molecule has 1 aromatic carbocycles. The highest BCUT2D eigenvalue weighted by molar-refractivity contribution is 7.99. The molecule has 0 bridgehead atoms. The summed E-state index contributed by atoms with van der Waals surface area (Å²) >= 11 is 1.32. The maximum atomic E-state index is 12.7. The van der Waals surface area contributed by atoms with E-state index in [9.17, 15) is 4.79 Å². The van der Waals surface area contributed by atoms with Crippen LogP contribution in [-0.2, 0) is 11.8 Å². The second kappa shape index (κ2) is 8.91. The standard InChI is InChI=1S/C22H24N8OS/c1-13-6-8-17(9-7-13)20-26-27-22(29(20)5)32-12-19(31)25-18-11-16(4)28-30(18)21-23-14(2)10-15(3)24-21/h6-11H,12H2,1-5H3,(H,25,31). The van der Waals surface area contributed by atoms with Gasteiger partial charge < -0.3 is 9.88 Å². The SMILES string of the molecule is Cc1ccc(-c2nnc(SCC(=O)Nc3cc(C)nn3-c3nc(C)cc(C)n3)n2C)cc1. The predicted molar refractivity (Wildman–Crippen MR) is 124 cm³/mol. The summed E-state index contributed by atoms with van der Waals surface area (Å²) in [5, 5.41) is 16.5. The molecule has 32 heavy (non-hydrogen) atoms. The van der Waals surface area contributed by atoms with Gasteiger partial charge >= 0.3 is 0 Å². The number of carbonyl (C=O) groups is 1. The average molecular weight is 449 g/mol. The van der Waals surface area contributed by atoms with E-state index in [2.05, 4.69) is 30.6 Å². The monoisotopic (exact) mass is 448 g/mol.